The molecular formula is C14H18Cl2N2O. The third kappa shape index (κ3) is 2.51. The van der Waals surface area contributed by atoms with Crippen molar-refractivity contribution in [1.82, 2.24) is 4.90 Å². The van der Waals surface area contributed by atoms with Gasteiger partial charge in [0.25, 0.3) is 0 Å². The Morgan fingerprint density at radius 3 is 2.21 bits per heavy atom. The van der Waals surface area contributed by atoms with Gasteiger partial charge in [-0.3, -0.25) is 0 Å². The number of benzene rings is 1. The predicted molar refractivity (Wildman–Crippen MR) is 79.3 cm³/mol. The second-order valence-electron chi connectivity index (χ2n) is 5.65. The minimum Gasteiger partial charge on any atom is -0.505 e. The first kappa shape index (κ1) is 13.3. The highest BCUT2D eigenvalue weighted by Crippen LogP contribution is 2.38. The molecule has 3 rings (SSSR count). The zero-order chi connectivity index (χ0) is 13.6. The number of nitrogens with one attached hydrogen (secondary N) is 1. The van der Waals surface area contributed by atoms with E-state index in [9.17, 15) is 5.11 Å². The summed E-state index contributed by atoms with van der Waals surface area (Å²) in [6.07, 6.45) is 4.92. The summed E-state index contributed by atoms with van der Waals surface area (Å²) in [5.74, 6) is -0.0441. The third-order valence-electron chi connectivity index (χ3n) is 4.49. The van der Waals surface area contributed by atoms with Crippen LogP contribution in [0.5, 0.6) is 5.75 Å². The van der Waals surface area contributed by atoms with Gasteiger partial charge in [0.2, 0.25) is 0 Å². The summed E-state index contributed by atoms with van der Waals surface area (Å²) >= 11 is 11.9. The molecule has 2 aliphatic heterocycles. The van der Waals surface area contributed by atoms with Gasteiger partial charge in [-0.2, -0.15) is 0 Å². The first-order valence-electron chi connectivity index (χ1n) is 6.71. The van der Waals surface area contributed by atoms with Crippen LogP contribution >= 0.6 is 23.2 Å². The molecule has 1 aromatic rings. The van der Waals surface area contributed by atoms with Gasteiger partial charge in [0.1, 0.15) is 0 Å². The normalized spacial score (nSPS) is 30.6. The number of rotatable bonds is 2. The molecule has 0 radical (unpaired) electrons. The van der Waals surface area contributed by atoms with Crippen molar-refractivity contribution < 1.29 is 5.11 Å². The number of phenols is 1. The smallest absolute Gasteiger partial charge is 0.152 e. The molecule has 2 heterocycles. The molecule has 1 aromatic carbocycles. The average Bonchev–Trinajstić information content (AvgIpc) is 2.60. The Labute approximate surface area is 123 Å². The number of phenolic OH excluding ortho intramolecular Hbond substituents is 1. The van der Waals surface area contributed by atoms with Crippen LogP contribution in [0.15, 0.2) is 12.1 Å². The molecular weight excluding hydrogens is 283 g/mol. The maximum absolute atomic E-state index is 9.57. The topological polar surface area (TPSA) is 35.5 Å². The summed E-state index contributed by atoms with van der Waals surface area (Å²) in [5, 5.41) is 13.7. The second kappa shape index (κ2) is 5.04. The standard InChI is InChI=1S/C14H18Cl2N2O/c1-18-10-2-3-11(18)5-8(4-10)17-9-6-12(15)14(19)13(16)7-9/h6-8,10-11,17,19H,2-5H2,1H3. The van der Waals surface area contributed by atoms with E-state index in [2.05, 4.69) is 17.3 Å². The Bertz CT molecular complexity index is 457. The van der Waals surface area contributed by atoms with Crippen LogP contribution < -0.4 is 5.32 Å². The van der Waals surface area contributed by atoms with E-state index in [1.807, 2.05) is 0 Å². The van der Waals surface area contributed by atoms with Crippen LogP contribution in [0.3, 0.4) is 0 Å². The molecule has 0 aliphatic carbocycles. The van der Waals surface area contributed by atoms with Crippen LogP contribution in [0.2, 0.25) is 10.0 Å². The lowest BCUT2D eigenvalue weighted by Crippen LogP contribution is -2.44. The van der Waals surface area contributed by atoms with Gasteiger partial charge in [-0.15, -0.1) is 0 Å². The van der Waals surface area contributed by atoms with Crippen LogP contribution in [0.25, 0.3) is 0 Å². The summed E-state index contributed by atoms with van der Waals surface area (Å²) in [7, 11) is 2.23. The molecule has 0 aromatic heterocycles. The zero-order valence-electron chi connectivity index (χ0n) is 10.9. The van der Waals surface area contributed by atoms with Gasteiger partial charge in [-0.25, -0.2) is 0 Å². The van der Waals surface area contributed by atoms with Crippen molar-refractivity contribution in [2.75, 3.05) is 12.4 Å². The van der Waals surface area contributed by atoms with Crippen LogP contribution in [-0.2, 0) is 0 Å². The SMILES string of the molecule is CN1C2CCC1CC(Nc1cc(Cl)c(O)c(Cl)c1)C2. The van der Waals surface area contributed by atoms with Gasteiger partial charge in [0.05, 0.1) is 10.0 Å². The fourth-order valence-corrected chi connectivity index (χ4v) is 3.90. The molecule has 3 nitrogen and oxygen atoms in total. The van der Waals surface area contributed by atoms with Crippen molar-refractivity contribution in [1.29, 1.82) is 0 Å². The summed E-state index contributed by atoms with van der Waals surface area (Å²) < 4.78 is 0. The van der Waals surface area contributed by atoms with Crippen molar-refractivity contribution in [3.8, 4) is 5.75 Å². The maximum atomic E-state index is 9.57. The number of hydrogen-bond donors (Lipinski definition) is 2. The fraction of sp³-hybridized carbons (Fsp3) is 0.571. The fourth-order valence-electron chi connectivity index (χ4n) is 3.41. The molecule has 2 fully saturated rings. The van der Waals surface area contributed by atoms with Gasteiger partial charge in [-0.05, 0) is 44.9 Å². The van der Waals surface area contributed by atoms with Crippen LogP contribution in [0.4, 0.5) is 5.69 Å². The minimum absolute atomic E-state index is 0.0441. The maximum Gasteiger partial charge on any atom is 0.152 e. The van der Waals surface area contributed by atoms with Crippen molar-refractivity contribution in [2.24, 2.45) is 0 Å². The molecule has 0 saturated carbocycles. The Kier molecular flexibility index (Phi) is 3.54. The predicted octanol–water partition coefficient (Wildman–Crippen LogP) is 3.74. The number of nitrogens with zero attached hydrogens (tertiary/aromatic N) is 1. The van der Waals surface area contributed by atoms with E-state index in [0.29, 0.717) is 28.2 Å². The molecule has 2 bridgehead atoms. The van der Waals surface area contributed by atoms with E-state index >= 15 is 0 Å². The average molecular weight is 301 g/mol. The van der Waals surface area contributed by atoms with E-state index in [-0.39, 0.29) is 5.75 Å². The molecule has 5 heteroatoms. The number of hydrogen-bond acceptors (Lipinski definition) is 3. The molecule has 104 valence electrons. The number of halogens is 2. The lowest BCUT2D eigenvalue weighted by molar-refractivity contribution is 0.169. The van der Waals surface area contributed by atoms with Crippen LogP contribution in [-0.4, -0.2) is 35.2 Å². The largest absolute Gasteiger partial charge is 0.505 e. The lowest BCUT2D eigenvalue weighted by atomic mass is 9.98. The molecule has 2 aliphatic rings. The molecule has 2 N–H and O–H groups in total. The highest BCUT2D eigenvalue weighted by Gasteiger charge is 2.38. The summed E-state index contributed by atoms with van der Waals surface area (Å²) in [4.78, 5) is 2.51. The van der Waals surface area contributed by atoms with Crippen molar-refractivity contribution >= 4 is 28.9 Å². The Morgan fingerprint density at radius 2 is 1.68 bits per heavy atom. The highest BCUT2D eigenvalue weighted by molar-refractivity contribution is 6.37. The molecule has 0 spiro atoms. The summed E-state index contributed by atoms with van der Waals surface area (Å²) in [5.41, 5.74) is 0.891. The molecule has 19 heavy (non-hydrogen) atoms. The zero-order valence-corrected chi connectivity index (χ0v) is 12.4. The Balaban J connectivity index is 1.73. The van der Waals surface area contributed by atoms with Crippen molar-refractivity contribution in [2.45, 2.75) is 43.8 Å². The number of fused-ring (bicyclic) bond motifs is 2. The molecule has 2 atom stereocenters. The lowest BCUT2D eigenvalue weighted by Gasteiger charge is -2.37. The number of aromatic hydroxyl groups is 1. The monoisotopic (exact) mass is 300 g/mol. The van der Waals surface area contributed by atoms with E-state index < -0.39 is 0 Å². The first-order valence-corrected chi connectivity index (χ1v) is 7.46. The van der Waals surface area contributed by atoms with Gasteiger partial charge >= 0.3 is 0 Å². The first-order chi connectivity index (χ1) is 9.04. The Hall–Kier alpha value is -0.640. The van der Waals surface area contributed by atoms with Crippen molar-refractivity contribution in [3.05, 3.63) is 22.2 Å². The summed E-state index contributed by atoms with van der Waals surface area (Å²) in [6.45, 7) is 0. The van der Waals surface area contributed by atoms with E-state index in [4.69, 9.17) is 23.2 Å². The number of piperidine rings is 1. The van der Waals surface area contributed by atoms with Crippen LogP contribution in [0, 0.1) is 0 Å². The Morgan fingerprint density at radius 1 is 1.16 bits per heavy atom. The second-order valence-corrected chi connectivity index (χ2v) is 6.47. The van der Waals surface area contributed by atoms with Gasteiger partial charge in [-0.1, -0.05) is 23.2 Å². The van der Waals surface area contributed by atoms with E-state index in [0.717, 1.165) is 18.5 Å². The van der Waals surface area contributed by atoms with Gasteiger partial charge < -0.3 is 15.3 Å². The number of anilines is 1. The van der Waals surface area contributed by atoms with Crippen molar-refractivity contribution in [3.63, 3.8) is 0 Å². The molecule has 2 unspecified atom stereocenters. The van der Waals surface area contributed by atoms with E-state index in [1.54, 1.807) is 12.1 Å². The van der Waals surface area contributed by atoms with Gasteiger partial charge in [0, 0.05) is 23.8 Å². The highest BCUT2D eigenvalue weighted by atomic mass is 35.5. The molecule has 0 amide bonds. The van der Waals surface area contributed by atoms with E-state index in [1.165, 1.54) is 12.8 Å². The summed E-state index contributed by atoms with van der Waals surface area (Å²) in [6, 6.07) is 5.33. The quantitative estimate of drug-likeness (QED) is 0.817. The van der Waals surface area contributed by atoms with Crippen LogP contribution in [0.1, 0.15) is 25.7 Å². The minimum atomic E-state index is -0.0441. The molecule has 2 saturated heterocycles. The van der Waals surface area contributed by atoms with Gasteiger partial charge in [0.15, 0.2) is 5.75 Å². The third-order valence-corrected chi connectivity index (χ3v) is 5.06.